The third-order valence-corrected chi connectivity index (χ3v) is 9.38. The molecule has 0 saturated heterocycles. The number of carbonyl (C=O) groups excluding carboxylic acids is 2. The summed E-state index contributed by atoms with van der Waals surface area (Å²) in [5.41, 5.74) is 0. The zero-order valence-corrected chi connectivity index (χ0v) is 36.4. The highest BCUT2D eigenvalue weighted by Gasteiger charge is 2.27. The number of quaternary nitrogens is 1. The average molecular weight is 817 g/mol. The summed E-state index contributed by atoms with van der Waals surface area (Å²) in [6.45, 7) is 3.52. The van der Waals surface area contributed by atoms with Gasteiger partial charge in [0, 0.05) is 23.8 Å². The molecule has 324 valence electrons. The molecule has 2 atom stereocenters. The highest BCUT2D eigenvalue weighted by Crippen LogP contribution is 2.43. The van der Waals surface area contributed by atoms with Gasteiger partial charge >= 0.3 is 19.8 Å². The van der Waals surface area contributed by atoms with E-state index in [9.17, 15) is 19.0 Å². The van der Waals surface area contributed by atoms with E-state index in [4.69, 9.17) is 29.5 Å². The molecule has 0 rings (SSSR count). The first kappa shape index (κ1) is 40.5. The fraction of sp³-hybridized carbons (Fsp3) is 0.739. The van der Waals surface area contributed by atoms with E-state index in [1.165, 1.54) is 88.9 Å². The molecule has 1 unspecified atom stereocenters. The summed E-state index contributed by atoms with van der Waals surface area (Å²) in [4.78, 5) is 35.5. The number of hydrogen-bond donors (Lipinski definition) is 1. The van der Waals surface area contributed by atoms with E-state index in [1.807, 2.05) is 28.1 Å². The van der Waals surface area contributed by atoms with Gasteiger partial charge in [-0.15, -0.1) is 0 Å². The number of phosphoric acid groups is 1. The van der Waals surface area contributed by atoms with Crippen LogP contribution in [0.4, 0.5) is 0 Å². The first-order valence-electron chi connectivity index (χ1n) is 25.1. The van der Waals surface area contributed by atoms with Crippen LogP contribution >= 0.6 is 7.82 Å². The Morgan fingerprint density at radius 1 is 0.607 bits per heavy atom. The molecular weight excluding hydrogens is 725 g/mol. The van der Waals surface area contributed by atoms with Gasteiger partial charge in [0.05, 0.1) is 27.7 Å². The summed E-state index contributed by atoms with van der Waals surface area (Å²) >= 11 is 0. The quantitative estimate of drug-likeness (QED) is 0.0215. The maximum Gasteiger partial charge on any atom is 0.472 e. The summed E-state index contributed by atoms with van der Waals surface area (Å²) in [5.74, 6) is -1.17. The van der Waals surface area contributed by atoms with Crippen LogP contribution in [0.25, 0.3) is 0 Å². The van der Waals surface area contributed by atoms with Crippen LogP contribution in [0.3, 0.4) is 0 Å². The summed E-state index contributed by atoms with van der Waals surface area (Å²) in [6.07, 6.45) is 21.3. The monoisotopic (exact) mass is 817 g/mol. The summed E-state index contributed by atoms with van der Waals surface area (Å²) in [6, 6.07) is 0. The van der Waals surface area contributed by atoms with Crippen molar-refractivity contribution in [2.24, 2.45) is 0 Å². The molecule has 0 amide bonds. The first-order chi connectivity index (χ1) is 29.8. The number of ether oxygens (including phenoxy) is 2. The van der Waals surface area contributed by atoms with Crippen molar-refractivity contribution in [2.75, 3.05) is 47.5 Å². The Bertz CT molecular complexity index is 1480. The van der Waals surface area contributed by atoms with Crippen LogP contribution in [-0.4, -0.2) is 74.9 Å². The van der Waals surface area contributed by atoms with Crippen LogP contribution < -0.4 is 0 Å². The minimum Gasteiger partial charge on any atom is -0.462 e. The Balaban J connectivity index is 5.00. The van der Waals surface area contributed by atoms with Gasteiger partial charge in [0.1, 0.15) is 19.8 Å². The summed E-state index contributed by atoms with van der Waals surface area (Å²) in [5, 5.41) is 0. The second-order valence-corrected chi connectivity index (χ2v) is 16.3. The molecule has 56 heavy (non-hydrogen) atoms. The van der Waals surface area contributed by atoms with E-state index >= 15 is 0 Å². The predicted molar refractivity (Wildman–Crippen MR) is 233 cm³/mol. The number of phosphoric ester groups is 1. The van der Waals surface area contributed by atoms with Crippen LogP contribution in [0, 0.1) is 0 Å². The SMILES string of the molecule is [2H]C([2H])(/C=C\CC)/C=C\C([2H])([2H])/C=C\C([2H])([2H])/C=C\C([2H])([2H])/C=C\CCCC(=O)O[C@@H](COC(=O)CCCCCCCCCCCCCCCCC)COP(=O)(O)OCC[N+](C)(C)C. The van der Waals surface area contributed by atoms with Crippen molar-refractivity contribution < 1.29 is 53.0 Å². The van der Waals surface area contributed by atoms with E-state index in [1.54, 1.807) is 6.08 Å². The first-order valence-corrected chi connectivity index (χ1v) is 22.5. The zero-order valence-electron chi connectivity index (χ0n) is 43.5. The number of esters is 2. The van der Waals surface area contributed by atoms with Gasteiger partial charge in [-0.3, -0.25) is 18.6 Å². The van der Waals surface area contributed by atoms with Gasteiger partial charge in [-0.05, 0) is 51.2 Å². The number of unbranched alkanes of at least 4 members (excludes halogenated alkanes) is 15. The highest BCUT2D eigenvalue weighted by molar-refractivity contribution is 7.47. The Kier molecular flexibility index (Phi) is 27.6. The van der Waals surface area contributed by atoms with Gasteiger partial charge in [0.15, 0.2) is 6.10 Å². The van der Waals surface area contributed by atoms with Crippen molar-refractivity contribution in [3.05, 3.63) is 60.8 Å². The van der Waals surface area contributed by atoms with Gasteiger partial charge in [0.2, 0.25) is 0 Å². The molecule has 0 aromatic carbocycles. The number of nitrogens with zero attached hydrogens (tertiary/aromatic N) is 1. The zero-order chi connectivity index (χ0) is 48.6. The number of allylic oxidation sites excluding steroid dienone is 10. The lowest BCUT2D eigenvalue weighted by Gasteiger charge is -2.24. The minimum absolute atomic E-state index is 0.0579. The van der Waals surface area contributed by atoms with Crippen molar-refractivity contribution in [1.29, 1.82) is 0 Å². The molecule has 0 saturated carbocycles. The predicted octanol–water partition coefficient (Wildman–Crippen LogP) is 12.5. The average Bonchev–Trinajstić information content (AvgIpc) is 3.20. The number of hydrogen-bond acceptors (Lipinski definition) is 7. The van der Waals surface area contributed by atoms with Crippen molar-refractivity contribution in [2.45, 2.75) is 174 Å². The molecule has 9 nitrogen and oxygen atoms in total. The van der Waals surface area contributed by atoms with Gasteiger partial charge in [-0.1, -0.05) is 164 Å². The van der Waals surface area contributed by atoms with Crippen molar-refractivity contribution in [3.63, 3.8) is 0 Å². The fourth-order valence-electron chi connectivity index (χ4n) is 5.12. The number of likely N-dealkylation sites (N-methyl/N-ethyl adjacent to an activating group) is 1. The van der Waals surface area contributed by atoms with Crippen LogP contribution in [-0.2, 0) is 32.7 Å². The van der Waals surface area contributed by atoms with Gasteiger partial charge in [0.25, 0.3) is 0 Å². The molecule has 1 N–H and O–H groups in total. The molecule has 10 heteroatoms. The smallest absolute Gasteiger partial charge is 0.462 e. The molecule has 0 aliphatic heterocycles. The molecule has 0 aliphatic rings. The Morgan fingerprint density at radius 2 is 1.05 bits per heavy atom. The second-order valence-electron chi connectivity index (χ2n) is 14.9. The lowest BCUT2D eigenvalue weighted by atomic mass is 10.0. The lowest BCUT2D eigenvalue weighted by Crippen LogP contribution is -2.37. The van der Waals surface area contributed by atoms with Crippen molar-refractivity contribution in [1.82, 2.24) is 0 Å². The molecule has 0 aliphatic carbocycles. The molecule has 0 spiro atoms. The molecule has 0 bridgehead atoms. The van der Waals surface area contributed by atoms with E-state index < -0.39 is 58.0 Å². The van der Waals surface area contributed by atoms with E-state index in [-0.39, 0.29) is 38.9 Å². The minimum atomic E-state index is -4.51. The summed E-state index contributed by atoms with van der Waals surface area (Å²) in [7, 11) is 1.17. The van der Waals surface area contributed by atoms with Crippen LogP contribution in [0.1, 0.15) is 179 Å². The third kappa shape index (κ3) is 41.3. The Hall–Kier alpha value is -2.29. The molecule has 0 aromatic heterocycles. The van der Waals surface area contributed by atoms with Crippen LogP contribution in [0.2, 0.25) is 0 Å². The standard InChI is InChI=1S/C46H82NO8P/c1-6-8-10-12-14-16-18-20-22-23-25-27-29-31-33-35-37-39-46(49)55-44(43-54-56(50,51)53-41-40-47(3,4)5)42-52-45(48)38-36-34-32-30-28-26-24-21-19-17-15-13-11-9-7-2/h8,10,14,16,20,22,25,27,31,33,44H,6-7,9,11-13,15,17-19,21,23-24,26,28-30,32,34-43H2,1-5H3/p+1/b10-8-,16-14-,22-20-,27-25-,33-31-/t44-/m0/s1/i12D2,18D2,23D2,29D2. The second kappa shape index (κ2) is 38.2. The van der Waals surface area contributed by atoms with Crippen LogP contribution in [0.15, 0.2) is 60.8 Å². The van der Waals surface area contributed by atoms with E-state index in [0.29, 0.717) is 23.9 Å². The lowest BCUT2D eigenvalue weighted by molar-refractivity contribution is -0.870. The third-order valence-electron chi connectivity index (χ3n) is 8.40. The van der Waals surface area contributed by atoms with E-state index in [2.05, 4.69) is 6.92 Å². The molecular formula is C46H83NO8P+. The fourth-order valence-corrected chi connectivity index (χ4v) is 5.86. The van der Waals surface area contributed by atoms with Gasteiger partial charge in [-0.2, -0.15) is 0 Å². The molecule has 0 fully saturated rings. The topological polar surface area (TPSA) is 108 Å². The van der Waals surface area contributed by atoms with Crippen molar-refractivity contribution >= 4 is 19.8 Å². The molecule has 0 aromatic rings. The number of carbonyl (C=O) groups is 2. The molecule has 0 heterocycles. The Labute approximate surface area is 354 Å². The highest BCUT2D eigenvalue weighted by atomic mass is 31.2. The van der Waals surface area contributed by atoms with Gasteiger partial charge in [-0.25, -0.2) is 4.57 Å². The summed E-state index contributed by atoms with van der Waals surface area (Å²) < 4.78 is 98.6. The molecule has 0 radical (unpaired) electrons. The normalized spacial score (nSPS) is 17.3. The Morgan fingerprint density at radius 3 is 1.54 bits per heavy atom. The maximum absolute atomic E-state index is 12.8. The van der Waals surface area contributed by atoms with Crippen molar-refractivity contribution in [3.8, 4) is 0 Å². The maximum atomic E-state index is 12.8. The van der Waals surface area contributed by atoms with Gasteiger partial charge < -0.3 is 18.9 Å². The number of rotatable bonds is 39. The largest absolute Gasteiger partial charge is 0.472 e. The van der Waals surface area contributed by atoms with Crippen LogP contribution in [0.5, 0.6) is 0 Å². The van der Waals surface area contributed by atoms with E-state index in [0.717, 1.165) is 55.7 Å².